The fourth-order valence-electron chi connectivity index (χ4n) is 2.02. The SMILES string of the molecule is COc1cc(C(C)CCN)ccc1OCC1CC1. The van der Waals surface area contributed by atoms with Crippen LogP contribution in [-0.4, -0.2) is 20.3 Å². The Morgan fingerprint density at radius 3 is 2.72 bits per heavy atom. The lowest BCUT2D eigenvalue weighted by Gasteiger charge is -2.15. The van der Waals surface area contributed by atoms with Crippen LogP contribution in [0.3, 0.4) is 0 Å². The predicted molar refractivity (Wildman–Crippen MR) is 73.3 cm³/mol. The summed E-state index contributed by atoms with van der Waals surface area (Å²) in [5.74, 6) is 2.90. The summed E-state index contributed by atoms with van der Waals surface area (Å²) in [6.45, 7) is 3.71. The van der Waals surface area contributed by atoms with Crippen molar-refractivity contribution in [2.24, 2.45) is 11.7 Å². The molecule has 18 heavy (non-hydrogen) atoms. The molecule has 3 nitrogen and oxygen atoms in total. The van der Waals surface area contributed by atoms with Crippen molar-refractivity contribution in [1.29, 1.82) is 0 Å². The first-order valence-corrected chi connectivity index (χ1v) is 6.75. The molecule has 2 rings (SSSR count). The maximum Gasteiger partial charge on any atom is 0.161 e. The van der Waals surface area contributed by atoms with Gasteiger partial charge in [-0.2, -0.15) is 0 Å². The van der Waals surface area contributed by atoms with Gasteiger partial charge in [0, 0.05) is 0 Å². The highest BCUT2D eigenvalue weighted by Gasteiger charge is 2.22. The van der Waals surface area contributed by atoms with Crippen molar-refractivity contribution in [3.63, 3.8) is 0 Å². The summed E-state index contributed by atoms with van der Waals surface area (Å²) >= 11 is 0. The minimum Gasteiger partial charge on any atom is -0.493 e. The fraction of sp³-hybridized carbons (Fsp3) is 0.600. The van der Waals surface area contributed by atoms with Crippen LogP contribution in [-0.2, 0) is 0 Å². The molecule has 1 saturated carbocycles. The van der Waals surface area contributed by atoms with E-state index in [-0.39, 0.29) is 0 Å². The van der Waals surface area contributed by atoms with Gasteiger partial charge in [-0.1, -0.05) is 13.0 Å². The molecule has 1 aromatic rings. The van der Waals surface area contributed by atoms with Crippen LogP contribution in [0.25, 0.3) is 0 Å². The molecule has 0 amide bonds. The Morgan fingerprint density at radius 2 is 2.11 bits per heavy atom. The van der Waals surface area contributed by atoms with Gasteiger partial charge >= 0.3 is 0 Å². The number of nitrogens with two attached hydrogens (primary N) is 1. The molecule has 3 heteroatoms. The lowest BCUT2D eigenvalue weighted by molar-refractivity contribution is 0.280. The summed E-state index contributed by atoms with van der Waals surface area (Å²) in [5.41, 5.74) is 6.86. The minimum atomic E-state index is 0.460. The topological polar surface area (TPSA) is 44.5 Å². The van der Waals surface area contributed by atoms with Crippen molar-refractivity contribution in [2.75, 3.05) is 20.3 Å². The molecule has 1 aliphatic rings. The lowest BCUT2D eigenvalue weighted by Crippen LogP contribution is -2.05. The summed E-state index contributed by atoms with van der Waals surface area (Å²) in [5, 5.41) is 0. The second-order valence-corrected chi connectivity index (χ2v) is 5.14. The summed E-state index contributed by atoms with van der Waals surface area (Å²) in [4.78, 5) is 0. The highest BCUT2D eigenvalue weighted by Crippen LogP contribution is 2.34. The van der Waals surface area contributed by atoms with Crippen molar-refractivity contribution >= 4 is 0 Å². The van der Waals surface area contributed by atoms with Crippen molar-refractivity contribution in [2.45, 2.75) is 32.1 Å². The average molecular weight is 249 g/mol. The van der Waals surface area contributed by atoms with E-state index in [1.165, 1.54) is 18.4 Å². The predicted octanol–water partition coefficient (Wildman–Crippen LogP) is 2.94. The highest BCUT2D eigenvalue weighted by atomic mass is 16.5. The van der Waals surface area contributed by atoms with Gasteiger partial charge in [-0.15, -0.1) is 0 Å². The molecule has 0 aromatic heterocycles. The van der Waals surface area contributed by atoms with E-state index in [9.17, 15) is 0 Å². The molecular weight excluding hydrogens is 226 g/mol. The molecule has 1 fully saturated rings. The molecule has 1 aliphatic carbocycles. The van der Waals surface area contributed by atoms with Gasteiger partial charge in [0.25, 0.3) is 0 Å². The largest absolute Gasteiger partial charge is 0.493 e. The first-order valence-electron chi connectivity index (χ1n) is 6.75. The van der Waals surface area contributed by atoms with E-state index in [0.29, 0.717) is 12.5 Å². The molecule has 0 bridgehead atoms. The van der Waals surface area contributed by atoms with E-state index < -0.39 is 0 Å². The standard InChI is InChI=1S/C15H23NO2/c1-11(7-8-16)13-5-6-14(15(9-13)17-2)18-10-12-3-4-12/h5-6,9,11-12H,3-4,7-8,10,16H2,1-2H3. The van der Waals surface area contributed by atoms with E-state index in [4.69, 9.17) is 15.2 Å². The third kappa shape index (κ3) is 3.39. The van der Waals surface area contributed by atoms with Gasteiger partial charge in [-0.25, -0.2) is 0 Å². The van der Waals surface area contributed by atoms with Crippen LogP contribution < -0.4 is 15.2 Å². The zero-order valence-corrected chi connectivity index (χ0v) is 11.3. The molecule has 0 spiro atoms. The van der Waals surface area contributed by atoms with Crippen molar-refractivity contribution < 1.29 is 9.47 Å². The Morgan fingerprint density at radius 1 is 1.33 bits per heavy atom. The highest BCUT2D eigenvalue weighted by molar-refractivity contribution is 5.43. The number of rotatable bonds is 7. The molecule has 0 saturated heterocycles. The third-order valence-corrected chi connectivity index (χ3v) is 3.53. The van der Waals surface area contributed by atoms with E-state index in [1.54, 1.807) is 7.11 Å². The average Bonchev–Trinajstić information content (AvgIpc) is 3.20. The Hall–Kier alpha value is -1.22. The van der Waals surface area contributed by atoms with E-state index in [2.05, 4.69) is 19.1 Å². The van der Waals surface area contributed by atoms with Gasteiger partial charge in [0.05, 0.1) is 13.7 Å². The number of ether oxygens (including phenoxy) is 2. The summed E-state index contributed by atoms with van der Waals surface area (Å²) in [6.07, 6.45) is 3.59. The van der Waals surface area contributed by atoms with Crippen LogP contribution >= 0.6 is 0 Å². The van der Waals surface area contributed by atoms with Crippen LogP contribution in [0.2, 0.25) is 0 Å². The van der Waals surface area contributed by atoms with Crippen LogP contribution in [0.1, 0.15) is 37.7 Å². The monoisotopic (exact) mass is 249 g/mol. The van der Waals surface area contributed by atoms with Gasteiger partial charge in [-0.3, -0.25) is 0 Å². The molecule has 0 radical (unpaired) electrons. The molecule has 1 aromatic carbocycles. The zero-order chi connectivity index (χ0) is 13.0. The second kappa shape index (κ2) is 6.10. The molecule has 0 heterocycles. The molecule has 100 valence electrons. The smallest absolute Gasteiger partial charge is 0.161 e. The molecular formula is C15H23NO2. The number of hydrogen-bond acceptors (Lipinski definition) is 3. The molecule has 1 unspecified atom stereocenters. The Labute approximate surface area is 109 Å². The van der Waals surface area contributed by atoms with Crippen LogP contribution in [0.5, 0.6) is 11.5 Å². The summed E-state index contributed by atoms with van der Waals surface area (Å²) in [6, 6.07) is 6.21. The summed E-state index contributed by atoms with van der Waals surface area (Å²) < 4.78 is 11.2. The van der Waals surface area contributed by atoms with Crippen molar-refractivity contribution in [3.05, 3.63) is 23.8 Å². The van der Waals surface area contributed by atoms with Crippen LogP contribution in [0.4, 0.5) is 0 Å². The normalized spacial score (nSPS) is 16.4. The van der Waals surface area contributed by atoms with Gasteiger partial charge in [0.1, 0.15) is 0 Å². The van der Waals surface area contributed by atoms with E-state index in [0.717, 1.165) is 30.4 Å². The van der Waals surface area contributed by atoms with Gasteiger partial charge < -0.3 is 15.2 Å². The Kier molecular flexibility index (Phi) is 4.48. The first-order chi connectivity index (χ1) is 8.74. The molecule has 1 atom stereocenters. The van der Waals surface area contributed by atoms with Crippen molar-refractivity contribution in [1.82, 2.24) is 0 Å². The minimum absolute atomic E-state index is 0.460. The maximum absolute atomic E-state index is 5.80. The molecule has 0 aliphatic heterocycles. The number of hydrogen-bond donors (Lipinski definition) is 1. The summed E-state index contributed by atoms with van der Waals surface area (Å²) in [7, 11) is 1.69. The van der Waals surface area contributed by atoms with E-state index in [1.807, 2.05) is 6.07 Å². The quantitative estimate of drug-likeness (QED) is 0.808. The van der Waals surface area contributed by atoms with E-state index >= 15 is 0 Å². The van der Waals surface area contributed by atoms with Crippen LogP contribution in [0, 0.1) is 5.92 Å². The van der Waals surface area contributed by atoms with Gasteiger partial charge in [-0.05, 0) is 55.3 Å². The maximum atomic E-state index is 5.80. The molecule has 2 N–H and O–H groups in total. The lowest BCUT2D eigenvalue weighted by atomic mass is 9.97. The van der Waals surface area contributed by atoms with Gasteiger partial charge in [0.15, 0.2) is 11.5 Å². The fourth-order valence-corrected chi connectivity index (χ4v) is 2.02. The third-order valence-electron chi connectivity index (χ3n) is 3.53. The van der Waals surface area contributed by atoms with Crippen molar-refractivity contribution in [3.8, 4) is 11.5 Å². The Balaban J connectivity index is 2.05. The zero-order valence-electron chi connectivity index (χ0n) is 11.3. The van der Waals surface area contributed by atoms with Gasteiger partial charge in [0.2, 0.25) is 0 Å². The van der Waals surface area contributed by atoms with Crippen LogP contribution in [0.15, 0.2) is 18.2 Å². The first kappa shape index (κ1) is 13.2. The Bertz CT molecular complexity index is 388. The second-order valence-electron chi connectivity index (χ2n) is 5.14. The number of benzene rings is 1. The number of methoxy groups -OCH3 is 1.